The third-order valence-electron chi connectivity index (χ3n) is 6.33. The van der Waals surface area contributed by atoms with Gasteiger partial charge in [-0.15, -0.1) is 0 Å². The van der Waals surface area contributed by atoms with Crippen molar-refractivity contribution in [2.24, 2.45) is 0 Å². The predicted molar refractivity (Wildman–Crippen MR) is 116 cm³/mol. The highest BCUT2D eigenvalue weighted by Gasteiger charge is 2.29. The SMILES string of the molecule is CCc1cnc(C)nc1N1CCC[C@H](N2CCN(c3ccccc3C)CC2)C1. The fourth-order valence-corrected chi connectivity index (χ4v) is 4.70. The molecule has 0 amide bonds. The monoisotopic (exact) mass is 379 g/mol. The molecule has 2 aliphatic rings. The Morgan fingerprint density at radius 1 is 1.00 bits per heavy atom. The lowest BCUT2D eigenvalue weighted by atomic mass is 10.0. The van der Waals surface area contributed by atoms with E-state index in [1.54, 1.807) is 0 Å². The molecule has 0 saturated carbocycles. The molecule has 0 bridgehead atoms. The number of aromatic nitrogens is 2. The topological polar surface area (TPSA) is 35.5 Å². The summed E-state index contributed by atoms with van der Waals surface area (Å²) in [5.41, 5.74) is 4.05. The molecule has 3 heterocycles. The Bertz CT molecular complexity index is 797. The Morgan fingerprint density at radius 3 is 2.54 bits per heavy atom. The van der Waals surface area contributed by atoms with Crippen LogP contribution in [0.4, 0.5) is 11.5 Å². The Labute approximate surface area is 169 Å². The lowest BCUT2D eigenvalue weighted by molar-refractivity contribution is 0.166. The first-order valence-corrected chi connectivity index (χ1v) is 10.8. The number of hydrogen-bond acceptors (Lipinski definition) is 5. The van der Waals surface area contributed by atoms with Crippen molar-refractivity contribution in [2.75, 3.05) is 49.1 Å². The van der Waals surface area contributed by atoms with Gasteiger partial charge in [0.25, 0.3) is 0 Å². The number of rotatable bonds is 4. The zero-order valence-electron chi connectivity index (χ0n) is 17.6. The van der Waals surface area contributed by atoms with E-state index in [1.165, 1.54) is 35.5 Å². The molecule has 1 aromatic carbocycles. The van der Waals surface area contributed by atoms with Crippen molar-refractivity contribution in [1.82, 2.24) is 14.9 Å². The van der Waals surface area contributed by atoms with Crippen LogP contribution >= 0.6 is 0 Å². The molecule has 0 unspecified atom stereocenters. The molecule has 28 heavy (non-hydrogen) atoms. The molecule has 0 spiro atoms. The minimum atomic E-state index is 0.632. The third-order valence-corrected chi connectivity index (χ3v) is 6.33. The molecule has 1 atom stereocenters. The largest absolute Gasteiger partial charge is 0.369 e. The van der Waals surface area contributed by atoms with Gasteiger partial charge in [-0.25, -0.2) is 9.97 Å². The molecular weight excluding hydrogens is 346 g/mol. The Kier molecular flexibility index (Phi) is 5.81. The van der Waals surface area contributed by atoms with E-state index in [2.05, 4.69) is 57.8 Å². The molecule has 2 fully saturated rings. The molecule has 4 rings (SSSR count). The van der Waals surface area contributed by atoms with Gasteiger partial charge >= 0.3 is 0 Å². The van der Waals surface area contributed by atoms with E-state index in [4.69, 9.17) is 4.98 Å². The maximum atomic E-state index is 4.80. The predicted octanol–water partition coefficient (Wildman–Crippen LogP) is 3.45. The van der Waals surface area contributed by atoms with Crippen molar-refractivity contribution < 1.29 is 0 Å². The molecule has 0 radical (unpaired) electrons. The maximum absolute atomic E-state index is 4.80. The summed E-state index contributed by atoms with van der Waals surface area (Å²) >= 11 is 0. The van der Waals surface area contributed by atoms with E-state index < -0.39 is 0 Å². The van der Waals surface area contributed by atoms with Gasteiger partial charge in [0.15, 0.2) is 0 Å². The van der Waals surface area contributed by atoms with Crippen molar-refractivity contribution in [3.8, 4) is 0 Å². The van der Waals surface area contributed by atoms with Crippen LogP contribution in [-0.2, 0) is 6.42 Å². The average molecular weight is 380 g/mol. The molecule has 2 aromatic rings. The third kappa shape index (κ3) is 4.00. The van der Waals surface area contributed by atoms with Crippen LogP contribution in [0.2, 0.25) is 0 Å². The summed E-state index contributed by atoms with van der Waals surface area (Å²) in [5.74, 6) is 2.04. The normalized spacial score (nSPS) is 21.2. The molecule has 0 aliphatic carbocycles. The van der Waals surface area contributed by atoms with Crippen LogP contribution in [-0.4, -0.2) is 60.2 Å². The average Bonchev–Trinajstić information content (AvgIpc) is 2.74. The second-order valence-corrected chi connectivity index (χ2v) is 8.17. The number of benzene rings is 1. The van der Waals surface area contributed by atoms with Crippen molar-refractivity contribution in [3.63, 3.8) is 0 Å². The summed E-state index contributed by atoms with van der Waals surface area (Å²) in [6.45, 7) is 13.2. The molecule has 5 heteroatoms. The van der Waals surface area contributed by atoms with Gasteiger partial charge < -0.3 is 9.80 Å². The van der Waals surface area contributed by atoms with Gasteiger partial charge in [-0.05, 0) is 44.7 Å². The molecule has 1 aromatic heterocycles. The molecule has 2 saturated heterocycles. The second kappa shape index (κ2) is 8.48. The highest BCUT2D eigenvalue weighted by molar-refractivity contribution is 5.53. The van der Waals surface area contributed by atoms with Crippen molar-refractivity contribution in [2.45, 2.75) is 46.1 Å². The van der Waals surface area contributed by atoms with E-state index in [1.807, 2.05) is 13.1 Å². The first-order valence-electron chi connectivity index (χ1n) is 10.8. The highest BCUT2D eigenvalue weighted by Crippen LogP contribution is 2.26. The van der Waals surface area contributed by atoms with Gasteiger partial charge in [-0.1, -0.05) is 25.1 Å². The molecule has 5 nitrogen and oxygen atoms in total. The zero-order valence-corrected chi connectivity index (χ0v) is 17.6. The van der Waals surface area contributed by atoms with E-state index in [0.717, 1.165) is 51.5 Å². The van der Waals surface area contributed by atoms with Gasteiger partial charge in [-0.2, -0.15) is 0 Å². The van der Waals surface area contributed by atoms with Crippen LogP contribution in [0.5, 0.6) is 0 Å². The molecular formula is C23H33N5. The van der Waals surface area contributed by atoms with Crippen molar-refractivity contribution in [3.05, 3.63) is 47.4 Å². The fourth-order valence-electron chi connectivity index (χ4n) is 4.70. The molecule has 150 valence electrons. The second-order valence-electron chi connectivity index (χ2n) is 8.17. The molecule has 0 N–H and O–H groups in total. The zero-order chi connectivity index (χ0) is 19.5. The Balaban J connectivity index is 1.41. The summed E-state index contributed by atoms with van der Waals surface area (Å²) in [6, 6.07) is 9.40. The van der Waals surface area contributed by atoms with E-state index in [9.17, 15) is 0 Å². The lowest BCUT2D eigenvalue weighted by Crippen LogP contribution is -2.55. The minimum absolute atomic E-state index is 0.632. The van der Waals surface area contributed by atoms with Crippen LogP contribution in [0, 0.1) is 13.8 Å². The van der Waals surface area contributed by atoms with Gasteiger partial charge in [0.05, 0.1) is 0 Å². The number of para-hydroxylation sites is 1. The quantitative estimate of drug-likeness (QED) is 0.813. The van der Waals surface area contributed by atoms with E-state index in [-0.39, 0.29) is 0 Å². The number of piperidine rings is 1. The first-order chi connectivity index (χ1) is 13.7. The van der Waals surface area contributed by atoms with Crippen LogP contribution in [0.15, 0.2) is 30.5 Å². The van der Waals surface area contributed by atoms with Gasteiger partial charge in [-0.3, -0.25) is 4.90 Å². The summed E-state index contributed by atoms with van der Waals surface area (Å²) in [4.78, 5) is 17.0. The van der Waals surface area contributed by atoms with E-state index >= 15 is 0 Å². The number of nitrogens with zero attached hydrogens (tertiary/aromatic N) is 5. The van der Waals surface area contributed by atoms with Gasteiger partial charge in [0.2, 0.25) is 0 Å². The Morgan fingerprint density at radius 2 is 1.79 bits per heavy atom. The van der Waals surface area contributed by atoms with Crippen molar-refractivity contribution in [1.29, 1.82) is 0 Å². The van der Waals surface area contributed by atoms with Crippen LogP contribution in [0.25, 0.3) is 0 Å². The maximum Gasteiger partial charge on any atom is 0.135 e. The standard InChI is InChI=1S/C23H33N5/c1-4-20-16-24-19(3)25-23(20)28-11-7-9-21(17-28)26-12-14-27(15-13-26)22-10-6-5-8-18(22)2/h5-6,8,10,16,21H,4,7,9,11-15,17H2,1-3H3/t21-/m0/s1. The summed E-state index contributed by atoms with van der Waals surface area (Å²) < 4.78 is 0. The number of hydrogen-bond donors (Lipinski definition) is 0. The van der Waals surface area contributed by atoms with Gasteiger partial charge in [0.1, 0.15) is 11.6 Å². The van der Waals surface area contributed by atoms with Crippen LogP contribution < -0.4 is 9.80 Å². The van der Waals surface area contributed by atoms with Gasteiger partial charge in [0, 0.05) is 62.8 Å². The fraction of sp³-hybridized carbons (Fsp3) is 0.565. The van der Waals surface area contributed by atoms with Crippen molar-refractivity contribution >= 4 is 11.5 Å². The number of piperazine rings is 1. The Hall–Kier alpha value is -2.14. The molecule has 2 aliphatic heterocycles. The van der Waals surface area contributed by atoms with E-state index in [0.29, 0.717) is 6.04 Å². The first kappa shape index (κ1) is 19.2. The summed E-state index contributed by atoms with van der Waals surface area (Å²) in [7, 11) is 0. The minimum Gasteiger partial charge on any atom is -0.369 e. The highest BCUT2D eigenvalue weighted by atomic mass is 15.3. The summed E-state index contributed by atoms with van der Waals surface area (Å²) in [6.07, 6.45) is 5.55. The number of aryl methyl sites for hydroxylation is 3. The van der Waals surface area contributed by atoms with Crippen LogP contribution in [0.1, 0.15) is 36.7 Å². The van der Waals surface area contributed by atoms with Crippen LogP contribution in [0.3, 0.4) is 0 Å². The smallest absolute Gasteiger partial charge is 0.135 e. The summed E-state index contributed by atoms with van der Waals surface area (Å²) in [5, 5.41) is 0. The number of anilines is 2. The lowest BCUT2D eigenvalue weighted by Gasteiger charge is -2.44.